The number of β-amino-alcohol motifs (C(OH)–C–C–N with tert-alkyl or cyclic N) is 1. The van der Waals surface area contributed by atoms with Crippen molar-refractivity contribution in [3.8, 4) is 0 Å². The average molecular weight is 398 g/mol. The standard InChI is InChI=1S/C17H26N4O5S/c18-15(23)7-1-2-9-17(24)21(13-6-5-10-19-12-14(13)22)27(25,26)16-8-3-4-11-20-16/h3-4,8,11,13-14,19,22H,1-2,5-7,9-10,12H2,(H2,18,23)/t13?,14-/m0/s1. The molecule has 1 aliphatic heterocycles. The minimum atomic E-state index is -4.21. The van der Waals surface area contributed by atoms with E-state index in [4.69, 9.17) is 5.73 Å². The van der Waals surface area contributed by atoms with Crippen molar-refractivity contribution >= 4 is 21.8 Å². The number of aliphatic hydroxyl groups is 1. The van der Waals surface area contributed by atoms with E-state index < -0.39 is 34.0 Å². The zero-order chi connectivity index (χ0) is 19.9. The number of carbonyl (C=O) groups is 2. The Labute approximate surface area is 159 Å². The van der Waals surface area contributed by atoms with Crippen LogP contribution >= 0.6 is 0 Å². The predicted octanol–water partition coefficient (Wildman–Crippen LogP) is -0.242. The molecule has 0 radical (unpaired) electrons. The molecule has 1 unspecified atom stereocenters. The number of amides is 2. The molecule has 2 atom stereocenters. The lowest BCUT2D eigenvalue weighted by Gasteiger charge is -2.32. The van der Waals surface area contributed by atoms with Gasteiger partial charge >= 0.3 is 0 Å². The lowest BCUT2D eigenvalue weighted by molar-refractivity contribution is -0.130. The normalized spacial score (nSPS) is 20.6. The summed E-state index contributed by atoms with van der Waals surface area (Å²) in [4.78, 5) is 27.5. The van der Waals surface area contributed by atoms with Crippen LogP contribution in [-0.4, -0.2) is 59.9 Å². The van der Waals surface area contributed by atoms with Crippen LogP contribution in [0.4, 0.5) is 0 Å². The number of sulfonamides is 1. The zero-order valence-corrected chi connectivity index (χ0v) is 15.9. The van der Waals surface area contributed by atoms with Gasteiger partial charge in [0, 0.05) is 25.6 Å². The smallest absolute Gasteiger partial charge is 0.284 e. The highest BCUT2D eigenvalue weighted by molar-refractivity contribution is 7.89. The molecule has 4 N–H and O–H groups in total. The average Bonchev–Trinajstić information content (AvgIpc) is 2.84. The van der Waals surface area contributed by atoms with Gasteiger partial charge in [0.25, 0.3) is 10.0 Å². The molecule has 0 saturated carbocycles. The highest BCUT2D eigenvalue weighted by Gasteiger charge is 2.39. The first-order valence-corrected chi connectivity index (χ1v) is 10.4. The summed E-state index contributed by atoms with van der Waals surface area (Å²) in [6, 6.07) is 3.57. The van der Waals surface area contributed by atoms with Crippen molar-refractivity contribution in [3.05, 3.63) is 24.4 Å². The third-order valence-corrected chi connectivity index (χ3v) is 6.19. The van der Waals surface area contributed by atoms with Crippen LogP contribution in [0.1, 0.15) is 38.5 Å². The first kappa shape index (κ1) is 21.3. The number of unbranched alkanes of at least 4 members (excludes halogenated alkanes) is 1. The highest BCUT2D eigenvalue weighted by Crippen LogP contribution is 2.24. The fourth-order valence-electron chi connectivity index (χ4n) is 3.07. The molecular formula is C17H26N4O5S. The van der Waals surface area contributed by atoms with Crippen LogP contribution in [0.25, 0.3) is 0 Å². The second-order valence-corrected chi connectivity index (χ2v) is 8.28. The number of primary amides is 1. The van der Waals surface area contributed by atoms with E-state index >= 15 is 0 Å². The number of nitrogens with one attached hydrogen (secondary N) is 1. The Morgan fingerprint density at radius 2 is 2.04 bits per heavy atom. The fourth-order valence-corrected chi connectivity index (χ4v) is 4.68. The minimum Gasteiger partial charge on any atom is -0.390 e. The molecule has 1 aliphatic rings. The molecule has 1 aromatic heterocycles. The van der Waals surface area contributed by atoms with Gasteiger partial charge in [-0.1, -0.05) is 6.07 Å². The van der Waals surface area contributed by atoms with E-state index in [1.165, 1.54) is 18.3 Å². The van der Waals surface area contributed by atoms with E-state index in [0.717, 1.165) is 4.31 Å². The molecule has 1 saturated heterocycles. The van der Waals surface area contributed by atoms with Gasteiger partial charge in [0.05, 0.1) is 12.1 Å². The molecule has 2 amide bonds. The molecule has 0 bridgehead atoms. The highest BCUT2D eigenvalue weighted by atomic mass is 32.2. The number of nitrogens with two attached hydrogens (primary N) is 1. The monoisotopic (exact) mass is 398 g/mol. The lowest BCUT2D eigenvalue weighted by Crippen LogP contribution is -2.51. The third-order valence-electron chi connectivity index (χ3n) is 4.42. The van der Waals surface area contributed by atoms with Gasteiger partial charge < -0.3 is 16.2 Å². The SMILES string of the molecule is NC(=O)CCCCC(=O)N(C1CCCNC[C@@H]1O)S(=O)(=O)c1ccccn1. The molecule has 2 rings (SSSR count). The molecule has 1 fully saturated rings. The summed E-state index contributed by atoms with van der Waals surface area (Å²) in [6.45, 7) is 0.839. The number of aliphatic hydroxyl groups excluding tert-OH is 1. The number of pyridine rings is 1. The quantitative estimate of drug-likeness (QED) is 0.513. The molecule has 2 heterocycles. The second-order valence-electron chi connectivity index (χ2n) is 6.52. The van der Waals surface area contributed by atoms with E-state index in [2.05, 4.69) is 10.3 Å². The summed E-state index contributed by atoms with van der Waals surface area (Å²) < 4.78 is 27.0. The van der Waals surface area contributed by atoms with Gasteiger partial charge in [0.2, 0.25) is 11.8 Å². The van der Waals surface area contributed by atoms with Crippen LogP contribution in [0, 0.1) is 0 Å². The number of nitrogens with zero attached hydrogens (tertiary/aromatic N) is 2. The maximum atomic E-state index is 13.1. The van der Waals surface area contributed by atoms with E-state index in [1.807, 2.05) is 0 Å². The Morgan fingerprint density at radius 1 is 1.30 bits per heavy atom. The number of rotatable bonds is 8. The van der Waals surface area contributed by atoms with Crippen molar-refractivity contribution < 1.29 is 23.1 Å². The van der Waals surface area contributed by atoms with Gasteiger partial charge in [0.15, 0.2) is 5.03 Å². The number of carbonyl (C=O) groups excluding carboxylic acids is 2. The summed E-state index contributed by atoms with van der Waals surface area (Å²) in [6.07, 6.45) is 2.11. The topological polar surface area (TPSA) is 143 Å². The van der Waals surface area contributed by atoms with Crippen LogP contribution < -0.4 is 11.1 Å². The molecular weight excluding hydrogens is 372 g/mol. The molecule has 10 heteroatoms. The van der Waals surface area contributed by atoms with Crippen LogP contribution in [0.3, 0.4) is 0 Å². The Balaban J connectivity index is 2.27. The Bertz CT molecular complexity index is 741. The van der Waals surface area contributed by atoms with Crippen molar-refractivity contribution in [1.82, 2.24) is 14.6 Å². The van der Waals surface area contributed by atoms with Crippen LogP contribution in [-0.2, 0) is 19.6 Å². The molecule has 150 valence electrons. The summed E-state index contributed by atoms with van der Waals surface area (Å²) in [5.74, 6) is -1.08. The maximum Gasteiger partial charge on any atom is 0.284 e. The maximum absolute atomic E-state index is 13.1. The van der Waals surface area contributed by atoms with Gasteiger partial charge in [-0.25, -0.2) is 9.29 Å². The van der Waals surface area contributed by atoms with Crippen LogP contribution in [0.5, 0.6) is 0 Å². The largest absolute Gasteiger partial charge is 0.390 e. The number of aromatic nitrogens is 1. The summed E-state index contributed by atoms with van der Waals surface area (Å²) >= 11 is 0. The summed E-state index contributed by atoms with van der Waals surface area (Å²) in [5, 5.41) is 13.2. The Morgan fingerprint density at radius 3 is 2.70 bits per heavy atom. The van der Waals surface area contributed by atoms with Gasteiger partial charge in [-0.3, -0.25) is 9.59 Å². The van der Waals surface area contributed by atoms with Crippen molar-refractivity contribution in [3.63, 3.8) is 0 Å². The lowest BCUT2D eigenvalue weighted by atomic mass is 10.1. The number of hydrogen-bond acceptors (Lipinski definition) is 7. The van der Waals surface area contributed by atoms with Gasteiger partial charge in [-0.2, -0.15) is 8.42 Å². The van der Waals surface area contributed by atoms with E-state index in [9.17, 15) is 23.1 Å². The molecule has 1 aromatic rings. The summed E-state index contributed by atoms with van der Waals surface area (Å²) in [5.41, 5.74) is 5.09. The zero-order valence-electron chi connectivity index (χ0n) is 15.1. The molecule has 0 aromatic carbocycles. The first-order valence-electron chi connectivity index (χ1n) is 8.99. The number of hydrogen-bond donors (Lipinski definition) is 3. The van der Waals surface area contributed by atoms with E-state index in [0.29, 0.717) is 32.2 Å². The Hall–Kier alpha value is -2.04. The molecule has 0 aliphatic carbocycles. The molecule has 9 nitrogen and oxygen atoms in total. The minimum absolute atomic E-state index is 0.0595. The van der Waals surface area contributed by atoms with Gasteiger partial charge in [-0.15, -0.1) is 0 Å². The fraction of sp³-hybridized carbons (Fsp3) is 0.588. The van der Waals surface area contributed by atoms with E-state index in [-0.39, 0.29) is 24.4 Å². The molecule has 0 spiro atoms. The van der Waals surface area contributed by atoms with Crippen molar-refractivity contribution in [1.29, 1.82) is 0 Å². The van der Waals surface area contributed by atoms with Gasteiger partial charge in [-0.05, 0) is 44.4 Å². The predicted molar refractivity (Wildman–Crippen MR) is 97.8 cm³/mol. The second kappa shape index (κ2) is 9.77. The van der Waals surface area contributed by atoms with Gasteiger partial charge in [0.1, 0.15) is 0 Å². The van der Waals surface area contributed by atoms with Crippen molar-refractivity contribution in [2.75, 3.05) is 13.1 Å². The third kappa shape index (κ3) is 5.72. The summed E-state index contributed by atoms with van der Waals surface area (Å²) in [7, 11) is -4.21. The van der Waals surface area contributed by atoms with Crippen molar-refractivity contribution in [2.45, 2.75) is 55.7 Å². The van der Waals surface area contributed by atoms with E-state index in [1.54, 1.807) is 6.07 Å². The first-order chi connectivity index (χ1) is 12.8. The van der Waals surface area contributed by atoms with Crippen LogP contribution in [0.2, 0.25) is 0 Å². The Kier molecular flexibility index (Phi) is 7.69. The van der Waals surface area contributed by atoms with Crippen LogP contribution in [0.15, 0.2) is 29.4 Å². The van der Waals surface area contributed by atoms with Crippen molar-refractivity contribution in [2.24, 2.45) is 5.73 Å². The molecule has 27 heavy (non-hydrogen) atoms.